The second-order valence-electron chi connectivity index (χ2n) is 7.85. The normalized spacial score (nSPS) is 17.8. The van der Waals surface area contributed by atoms with Gasteiger partial charge < -0.3 is 15.0 Å². The summed E-state index contributed by atoms with van der Waals surface area (Å²) in [7, 11) is 3.68. The molecule has 1 saturated heterocycles. The number of rotatable bonds is 5. The average Bonchev–Trinajstić information content (AvgIpc) is 3.13. The van der Waals surface area contributed by atoms with Gasteiger partial charge in [-0.3, -0.25) is 9.79 Å². The van der Waals surface area contributed by atoms with Gasteiger partial charge in [-0.05, 0) is 37.4 Å². The molecule has 0 bridgehead atoms. The van der Waals surface area contributed by atoms with Crippen molar-refractivity contribution in [3.8, 4) is 5.75 Å². The summed E-state index contributed by atoms with van der Waals surface area (Å²) in [6, 6.07) is 13.2. The third kappa shape index (κ3) is 5.36. The minimum Gasteiger partial charge on any atom is -0.495 e. The maximum absolute atomic E-state index is 12.7. The van der Waals surface area contributed by atoms with Gasteiger partial charge >= 0.3 is 0 Å². The summed E-state index contributed by atoms with van der Waals surface area (Å²) in [6.45, 7) is 1.90. The van der Waals surface area contributed by atoms with Crippen LogP contribution >= 0.6 is 39.3 Å². The molecule has 1 amide bonds. The zero-order chi connectivity index (χ0) is 22.7. The first-order valence-electron chi connectivity index (χ1n) is 10.3. The predicted octanol–water partition coefficient (Wildman–Crippen LogP) is 5.11. The molecule has 0 radical (unpaired) electrons. The monoisotopic (exact) mass is 534 g/mol. The van der Waals surface area contributed by atoms with Crippen LogP contribution in [-0.4, -0.2) is 60.2 Å². The molecule has 2 aromatic rings. The number of carbonyl (C=O) groups excluding carboxylic acids is 1. The third-order valence-corrected chi connectivity index (χ3v) is 7.24. The van der Waals surface area contributed by atoms with Gasteiger partial charge in [0.25, 0.3) is 0 Å². The molecule has 2 heterocycles. The Kier molecular flexibility index (Phi) is 7.24. The zero-order valence-electron chi connectivity index (χ0n) is 17.9. The van der Waals surface area contributed by atoms with Crippen LogP contribution in [-0.2, 0) is 4.79 Å². The van der Waals surface area contributed by atoms with E-state index in [1.54, 1.807) is 25.3 Å². The number of amides is 1. The van der Waals surface area contributed by atoms with Crippen LogP contribution in [0.2, 0.25) is 5.02 Å². The van der Waals surface area contributed by atoms with Gasteiger partial charge in [-0.2, -0.15) is 0 Å². The number of hydrogen-bond donors (Lipinski definition) is 1. The van der Waals surface area contributed by atoms with Crippen LogP contribution in [0.5, 0.6) is 5.75 Å². The van der Waals surface area contributed by atoms with E-state index in [0.29, 0.717) is 16.5 Å². The molecule has 1 fully saturated rings. The maximum Gasteiger partial charge on any atom is 0.234 e. The van der Waals surface area contributed by atoms with Crippen molar-refractivity contribution in [1.82, 2.24) is 4.90 Å². The van der Waals surface area contributed by atoms with E-state index in [1.165, 1.54) is 11.8 Å². The van der Waals surface area contributed by atoms with Gasteiger partial charge in [-0.25, -0.2) is 4.99 Å². The van der Waals surface area contributed by atoms with Gasteiger partial charge in [0, 0.05) is 41.0 Å². The number of ether oxygens (including phenoxy) is 1. The van der Waals surface area contributed by atoms with E-state index in [9.17, 15) is 4.79 Å². The van der Waals surface area contributed by atoms with Crippen LogP contribution in [0, 0.1) is 0 Å². The molecule has 6 nitrogen and oxygen atoms in total. The molecule has 2 aliphatic rings. The Morgan fingerprint density at radius 1 is 1.22 bits per heavy atom. The number of nitrogens with one attached hydrogen (secondary N) is 1. The lowest BCUT2D eigenvalue weighted by molar-refractivity contribution is -0.113. The molecule has 2 aromatic carbocycles. The van der Waals surface area contributed by atoms with Gasteiger partial charge in [-0.15, -0.1) is 0 Å². The molecular weight excluding hydrogens is 512 g/mol. The van der Waals surface area contributed by atoms with Crippen molar-refractivity contribution in [2.24, 2.45) is 9.98 Å². The lowest BCUT2D eigenvalue weighted by Crippen LogP contribution is -2.39. The van der Waals surface area contributed by atoms with Crippen LogP contribution in [0.25, 0.3) is 0 Å². The first-order valence-corrected chi connectivity index (χ1v) is 12.4. The number of likely N-dealkylation sites (tertiary alicyclic amines) is 1. The third-order valence-electron chi connectivity index (χ3n) is 5.51. The van der Waals surface area contributed by atoms with Crippen LogP contribution in [0.15, 0.2) is 56.9 Å². The van der Waals surface area contributed by atoms with E-state index in [2.05, 4.69) is 33.2 Å². The molecular formula is C23H24BrClN4O2S. The second kappa shape index (κ2) is 9.95. The van der Waals surface area contributed by atoms with E-state index < -0.39 is 5.66 Å². The smallest absolute Gasteiger partial charge is 0.234 e. The van der Waals surface area contributed by atoms with E-state index in [0.717, 1.165) is 46.7 Å². The Bertz CT molecular complexity index is 1070. The number of halogens is 2. The maximum atomic E-state index is 12.7. The Hall–Kier alpha value is -1.87. The van der Waals surface area contributed by atoms with Crippen molar-refractivity contribution in [1.29, 1.82) is 0 Å². The van der Waals surface area contributed by atoms with Crippen LogP contribution < -0.4 is 10.1 Å². The fraction of sp³-hybridized carbons (Fsp3) is 0.348. The summed E-state index contributed by atoms with van der Waals surface area (Å²) >= 11 is 11.0. The molecule has 0 unspecified atom stereocenters. The van der Waals surface area contributed by atoms with Gasteiger partial charge in [-0.1, -0.05) is 51.4 Å². The van der Waals surface area contributed by atoms with Crippen molar-refractivity contribution in [2.45, 2.75) is 18.5 Å². The Labute approximate surface area is 205 Å². The minimum atomic E-state index is -0.427. The zero-order valence-corrected chi connectivity index (χ0v) is 21.1. The molecule has 1 spiro atoms. The van der Waals surface area contributed by atoms with Gasteiger partial charge in [0.05, 0.1) is 24.3 Å². The summed E-state index contributed by atoms with van der Waals surface area (Å²) in [5, 5.41) is 4.23. The van der Waals surface area contributed by atoms with Crippen molar-refractivity contribution >= 4 is 61.6 Å². The van der Waals surface area contributed by atoms with Crippen molar-refractivity contribution in [2.75, 3.05) is 38.3 Å². The number of anilines is 1. The highest BCUT2D eigenvalue weighted by atomic mass is 79.9. The fourth-order valence-electron chi connectivity index (χ4n) is 3.72. The van der Waals surface area contributed by atoms with Crippen molar-refractivity contribution < 1.29 is 9.53 Å². The Morgan fingerprint density at radius 2 is 1.94 bits per heavy atom. The molecule has 1 N–H and O–H groups in total. The summed E-state index contributed by atoms with van der Waals surface area (Å²) in [4.78, 5) is 25.1. The number of piperidine rings is 1. The predicted molar refractivity (Wildman–Crippen MR) is 137 cm³/mol. The first-order chi connectivity index (χ1) is 15.4. The van der Waals surface area contributed by atoms with Crippen LogP contribution in [0.1, 0.15) is 18.4 Å². The topological polar surface area (TPSA) is 66.3 Å². The first kappa shape index (κ1) is 23.3. The van der Waals surface area contributed by atoms with E-state index >= 15 is 0 Å². The highest BCUT2D eigenvalue weighted by molar-refractivity contribution is 9.10. The molecule has 32 heavy (non-hydrogen) atoms. The number of carbonyl (C=O) groups is 1. The molecule has 0 aliphatic carbocycles. The SMILES string of the molecule is COc1ccc(Cl)cc1NC(=O)CSC1=NC2(CCN(C)CC2)N=C1c1ccc(Br)cc1. The lowest BCUT2D eigenvalue weighted by Gasteiger charge is -2.33. The number of nitrogens with zero attached hydrogens (tertiary/aromatic N) is 3. The summed E-state index contributed by atoms with van der Waals surface area (Å²) in [6.07, 6.45) is 1.75. The van der Waals surface area contributed by atoms with Crippen molar-refractivity contribution in [3.63, 3.8) is 0 Å². The second-order valence-corrected chi connectivity index (χ2v) is 10.2. The molecule has 2 aliphatic heterocycles. The highest BCUT2D eigenvalue weighted by Gasteiger charge is 2.39. The fourth-order valence-corrected chi connectivity index (χ4v) is 5.03. The lowest BCUT2D eigenvalue weighted by atomic mass is 9.99. The number of thioether (sulfide) groups is 1. The minimum absolute atomic E-state index is 0.155. The van der Waals surface area contributed by atoms with E-state index in [1.807, 2.05) is 24.3 Å². The standard InChI is InChI=1S/C23H24BrClN4O2S/c1-29-11-9-23(10-12-29)27-21(15-3-5-16(24)6-4-15)22(28-23)32-14-20(30)26-18-13-17(25)7-8-19(18)31-2/h3-8,13H,9-12,14H2,1-2H3,(H,26,30). The van der Waals surface area contributed by atoms with Crippen molar-refractivity contribution in [3.05, 3.63) is 57.5 Å². The number of aliphatic imine (C=N–C) groups is 2. The van der Waals surface area contributed by atoms with Crippen LogP contribution in [0.3, 0.4) is 0 Å². The summed E-state index contributed by atoms with van der Waals surface area (Å²) in [5.74, 6) is 0.617. The molecule has 0 atom stereocenters. The number of benzene rings is 2. The van der Waals surface area contributed by atoms with Crippen LogP contribution in [0.4, 0.5) is 5.69 Å². The number of hydrogen-bond acceptors (Lipinski definition) is 6. The molecule has 9 heteroatoms. The average molecular weight is 536 g/mol. The van der Waals surface area contributed by atoms with E-state index in [-0.39, 0.29) is 11.7 Å². The molecule has 0 aromatic heterocycles. The molecule has 168 valence electrons. The Morgan fingerprint density at radius 3 is 2.62 bits per heavy atom. The Balaban J connectivity index is 1.51. The van der Waals surface area contributed by atoms with Gasteiger partial charge in [0.2, 0.25) is 5.91 Å². The highest BCUT2D eigenvalue weighted by Crippen LogP contribution is 2.35. The number of methoxy groups -OCH3 is 1. The molecule has 0 saturated carbocycles. The van der Waals surface area contributed by atoms with E-state index in [4.69, 9.17) is 26.3 Å². The summed E-state index contributed by atoms with van der Waals surface area (Å²) < 4.78 is 6.33. The quantitative estimate of drug-likeness (QED) is 0.578. The largest absolute Gasteiger partial charge is 0.495 e. The van der Waals surface area contributed by atoms with Gasteiger partial charge in [0.15, 0.2) is 5.66 Å². The summed E-state index contributed by atoms with van der Waals surface area (Å²) in [5.41, 5.74) is 1.99. The molecule has 4 rings (SSSR count). The van der Waals surface area contributed by atoms with Gasteiger partial charge in [0.1, 0.15) is 10.8 Å².